The Balaban J connectivity index is 2.17. The standard InChI is InChI=1S/C15H18BrN3O/c1-4-20-15-10(2)14(17-9-18-15)19-11(3)12-5-7-13(16)8-6-12/h5-9,11H,4H2,1-3H3,(H,17,18,19). The molecule has 1 aromatic heterocycles. The van der Waals surface area contributed by atoms with Crippen LogP contribution in [-0.2, 0) is 0 Å². The smallest absolute Gasteiger partial charge is 0.221 e. The molecule has 1 aromatic carbocycles. The van der Waals surface area contributed by atoms with Gasteiger partial charge in [0.15, 0.2) is 0 Å². The Morgan fingerprint density at radius 1 is 1.25 bits per heavy atom. The van der Waals surface area contributed by atoms with Crippen molar-refractivity contribution >= 4 is 21.7 Å². The van der Waals surface area contributed by atoms with E-state index in [2.05, 4.69) is 50.3 Å². The van der Waals surface area contributed by atoms with Gasteiger partial charge in [-0.2, -0.15) is 0 Å². The van der Waals surface area contributed by atoms with E-state index in [0.29, 0.717) is 12.5 Å². The Morgan fingerprint density at radius 2 is 1.95 bits per heavy atom. The SMILES string of the molecule is CCOc1ncnc(NC(C)c2ccc(Br)cc2)c1C. The first kappa shape index (κ1) is 14.8. The quantitative estimate of drug-likeness (QED) is 0.892. The van der Waals surface area contributed by atoms with E-state index in [1.165, 1.54) is 11.9 Å². The third-order valence-electron chi connectivity index (χ3n) is 3.04. The van der Waals surface area contributed by atoms with Gasteiger partial charge < -0.3 is 10.1 Å². The van der Waals surface area contributed by atoms with Gasteiger partial charge in [-0.05, 0) is 38.5 Å². The molecule has 1 atom stereocenters. The van der Waals surface area contributed by atoms with E-state index in [4.69, 9.17) is 4.74 Å². The molecule has 106 valence electrons. The van der Waals surface area contributed by atoms with Gasteiger partial charge >= 0.3 is 0 Å². The Hall–Kier alpha value is -1.62. The van der Waals surface area contributed by atoms with Crippen LogP contribution in [-0.4, -0.2) is 16.6 Å². The molecule has 0 aliphatic heterocycles. The van der Waals surface area contributed by atoms with E-state index in [0.717, 1.165) is 15.9 Å². The summed E-state index contributed by atoms with van der Waals surface area (Å²) in [5, 5.41) is 3.40. The second kappa shape index (κ2) is 6.70. The van der Waals surface area contributed by atoms with Crippen LogP contribution in [0.15, 0.2) is 35.1 Å². The summed E-state index contributed by atoms with van der Waals surface area (Å²) >= 11 is 3.44. The van der Waals surface area contributed by atoms with Crippen molar-refractivity contribution in [1.82, 2.24) is 9.97 Å². The summed E-state index contributed by atoms with van der Waals surface area (Å²) in [6.07, 6.45) is 1.52. The number of aromatic nitrogens is 2. The molecule has 0 saturated carbocycles. The number of anilines is 1. The van der Waals surface area contributed by atoms with Gasteiger partial charge in [0.25, 0.3) is 0 Å². The summed E-state index contributed by atoms with van der Waals surface area (Å²) in [6.45, 7) is 6.60. The lowest BCUT2D eigenvalue weighted by Crippen LogP contribution is -2.10. The lowest BCUT2D eigenvalue weighted by Gasteiger charge is -2.17. The maximum absolute atomic E-state index is 5.48. The van der Waals surface area contributed by atoms with Crippen molar-refractivity contribution in [3.63, 3.8) is 0 Å². The van der Waals surface area contributed by atoms with E-state index in [-0.39, 0.29) is 6.04 Å². The molecule has 2 aromatic rings. The van der Waals surface area contributed by atoms with Crippen LogP contribution in [0.2, 0.25) is 0 Å². The highest BCUT2D eigenvalue weighted by molar-refractivity contribution is 9.10. The van der Waals surface area contributed by atoms with Gasteiger partial charge in [0, 0.05) is 10.5 Å². The largest absolute Gasteiger partial charge is 0.478 e. The fraction of sp³-hybridized carbons (Fsp3) is 0.333. The fourth-order valence-electron chi connectivity index (χ4n) is 1.90. The van der Waals surface area contributed by atoms with Crippen LogP contribution in [0.3, 0.4) is 0 Å². The molecule has 0 aliphatic rings. The maximum atomic E-state index is 5.48. The van der Waals surface area contributed by atoms with E-state index in [1.54, 1.807) is 0 Å². The van der Waals surface area contributed by atoms with Crippen molar-refractivity contribution < 1.29 is 4.74 Å². The lowest BCUT2D eigenvalue weighted by molar-refractivity contribution is 0.324. The zero-order valence-electron chi connectivity index (χ0n) is 11.9. The minimum absolute atomic E-state index is 0.158. The highest BCUT2D eigenvalue weighted by Gasteiger charge is 2.11. The van der Waals surface area contributed by atoms with E-state index >= 15 is 0 Å². The molecule has 0 saturated heterocycles. The van der Waals surface area contributed by atoms with Crippen LogP contribution >= 0.6 is 15.9 Å². The van der Waals surface area contributed by atoms with Crippen molar-refractivity contribution in [2.45, 2.75) is 26.8 Å². The Bertz CT molecular complexity index is 572. The summed E-state index contributed by atoms with van der Waals surface area (Å²) in [6, 6.07) is 8.40. The van der Waals surface area contributed by atoms with Gasteiger partial charge in [-0.1, -0.05) is 28.1 Å². The third-order valence-corrected chi connectivity index (χ3v) is 3.57. The van der Waals surface area contributed by atoms with Crippen molar-refractivity contribution in [2.75, 3.05) is 11.9 Å². The molecule has 2 rings (SSSR count). The second-order valence-corrected chi connectivity index (χ2v) is 5.42. The number of nitrogens with one attached hydrogen (secondary N) is 1. The average molecular weight is 336 g/mol. The zero-order chi connectivity index (χ0) is 14.5. The van der Waals surface area contributed by atoms with Crippen LogP contribution in [0.25, 0.3) is 0 Å². The van der Waals surface area contributed by atoms with Gasteiger partial charge in [0.1, 0.15) is 12.1 Å². The van der Waals surface area contributed by atoms with Crippen molar-refractivity contribution in [2.24, 2.45) is 0 Å². The van der Waals surface area contributed by atoms with Gasteiger partial charge in [0.05, 0.1) is 12.2 Å². The molecule has 1 heterocycles. The molecule has 20 heavy (non-hydrogen) atoms. The monoisotopic (exact) mass is 335 g/mol. The number of nitrogens with zero attached hydrogens (tertiary/aromatic N) is 2. The molecule has 4 nitrogen and oxygen atoms in total. The van der Waals surface area contributed by atoms with Gasteiger partial charge in [-0.3, -0.25) is 0 Å². The first-order valence-corrected chi connectivity index (χ1v) is 7.37. The summed E-state index contributed by atoms with van der Waals surface area (Å²) in [5.74, 6) is 1.44. The average Bonchev–Trinajstić information content (AvgIpc) is 2.44. The maximum Gasteiger partial charge on any atom is 0.221 e. The molecule has 0 fully saturated rings. The molecule has 1 N–H and O–H groups in total. The summed E-state index contributed by atoms with van der Waals surface area (Å²) in [7, 11) is 0. The Kier molecular flexibility index (Phi) is 4.95. The predicted molar refractivity (Wildman–Crippen MR) is 84.1 cm³/mol. The zero-order valence-corrected chi connectivity index (χ0v) is 13.4. The van der Waals surface area contributed by atoms with Crippen LogP contribution in [0.1, 0.15) is 31.0 Å². The molecular weight excluding hydrogens is 318 g/mol. The van der Waals surface area contributed by atoms with Gasteiger partial charge in [0.2, 0.25) is 5.88 Å². The second-order valence-electron chi connectivity index (χ2n) is 4.50. The van der Waals surface area contributed by atoms with Crippen molar-refractivity contribution in [3.05, 3.63) is 46.2 Å². The fourth-order valence-corrected chi connectivity index (χ4v) is 2.17. The number of benzene rings is 1. The summed E-state index contributed by atoms with van der Waals surface area (Å²) < 4.78 is 6.56. The van der Waals surface area contributed by atoms with E-state index in [9.17, 15) is 0 Å². The van der Waals surface area contributed by atoms with Gasteiger partial charge in [-0.25, -0.2) is 9.97 Å². The highest BCUT2D eigenvalue weighted by Crippen LogP contribution is 2.25. The molecule has 5 heteroatoms. The van der Waals surface area contributed by atoms with Crippen molar-refractivity contribution in [3.8, 4) is 5.88 Å². The van der Waals surface area contributed by atoms with Crippen LogP contribution < -0.4 is 10.1 Å². The molecule has 0 spiro atoms. The van der Waals surface area contributed by atoms with E-state index in [1.807, 2.05) is 26.0 Å². The highest BCUT2D eigenvalue weighted by atomic mass is 79.9. The molecular formula is C15H18BrN3O. The number of hydrogen-bond donors (Lipinski definition) is 1. The summed E-state index contributed by atoms with van der Waals surface area (Å²) in [4.78, 5) is 8.43. The Labute approximate surface area is 127 Å². The van der Waals surface area contributed by atoms with Gasteiger partial charge in [-0.15, -0.1) is 0 Å². The molecule has 0 radical (unpaired) electrons. The first-order chi connectivity index (χ1) is 9.61. The molecule has 0 amide bonds. The minimum atomic E-state index is 0.158. The number of hydrogen-bond acceptors (Lipinski definition) is 4. The van der Waals surface area contributed by atoms with Crippen LogP contribution in [0.5, 0.6) is 5.88 Å². The van der Waals surface area contributed by atoms with E-state index < -0.39 is 0 Å². The minimum Gasteiger partial charge on any atom is -0.478 e. The molecule has 1 unspecified atom stereocenters. The molecule has 0 aliphatic carbocycles. The number of halogens is 1. The Morgan fingerprint density at radius 3 is 2.60 bits per heavy atom. The first-order valence-electron chi connectivity index (χ1n) is 6.58. The number of rotatable bonds is 5. The number of ether oxygens (including phenoxy) is 1. The van der Waals surface area contributed by atoms with Crippen LogP contribution in [0.4, 0.5) is 5.82 Å². The molecule has 0 bridgehead atoms. The third kappa shape index (κ3) is 3.48. The predicted octanol–water partition coefficient (Wildman–Crippen LogP) is 4.12. The topological polar surface area (TPSA) is 47.0 Å². The lowest BCUT2D eigenvalue weighted by atomic mass is 10.1. The summed E-state index contributed by atoms with van der Waals surface area (Å²) in [5.41, 5.74) is 2.13. The normalized spacial score (nSPS) is 12.0. The van der Waals surface area contributed by atoms with Crippen molar-refractivity contribution in [1.29, 1.82) is 0 Å². The van der Waals surface area contributed by atoms with Crippen LogP contribution in [0, 0.1) is 6.92 Å².